The summed E-state index contributed by atoms with van der Waals surface area (Å²) in [5, 5.41) is 18.3. The van der Waals surface area contributed by atoms with Crippen molar-refractivity contribution in [3.8, 4) is 0 Å². The van der Waals surface area contributed by atoms with Gasteiger partial charge in [0.2, 0.25) is 0 Å². The van der Waals surface area contributed by atoms with Crippen molar-refractivity contribution < 1.29 is 14.7 Å². The van der Waals surface area contributed by atoms with Crippen molar-refractivity contribution in [2.45, 2.75) is 33.2 Å². The third-order valence-corrected chi connectivity index (χ3v) is 3.58. The number of carboxylic acids is 1. The first-order chi connectivity index (χ1) is 9.47. The van der Waals surface area contributed by atoms with Gasteiger partial charge >= 0.3 is 12.0 Å². The number of urea groups is 1. The number of carbonyl (C=O) groups excluding carboxylic acids is 1. The molecule has 0 radical (unpaired) electrons. The fourth-order valence-electron chi connectivity index (χ4n) is 2.03. The van der Waals surface area contributed by atoms with Gasteiger partial charge in [0.25, 0.3) is 0 Å². The number of rotatable bonds is 8. The second-order valence-corrected chi connectivity index (χ2v) is 6.07. The van der Waals surface area contributed by atoms with E-state index in [2.05, 4.69) is 10.6 Å². The maximum absolute atomic E-state index is 11.6. The topological polar surface area (TPSA) is 78.4 Å². The van der Waals surface area contributed by atoms with Gasteiger partial charge in [-0.25, -0.2) is 4.79 Å². The Labute approximate surface area is 123 Å². The highest BCUT2D eigenvalue weighted by Crippen LogP contribution is 2.14. The molecule has 2 amide bonds. The van der Waals surface area contributed by atoms with Gasteiger partial charge in [-0.15, -0.1) is 0 Å². The van der Waals surface area contributed by atoms with Crippen LogP contribution in [0, 0.1) is 11.8 Å². The van der Waals surface area contributed by atoms with Gasteiger partial charge in [-0.1, -0.05) is 13.8 Å². The lowest BCUT2D eigenvalue weighted by atomic mass is 9.94. The molecule has 20 heavy (non-hydrogen) atoms. The third kappa shape index (κ3) is 7.13. The van der Waals surface area contributed by atoms with E-state index in [-0.39, 0.29) is 18.4 Å². The minimum absolute atomic E-state index is 0.0283. The van der Waals surface area contributed by atoms with E-state index in [0.29, 0.717) is 19.0 Å². The number of hydrogen-bond donors (Lipinski definition) is 3. The van der Waals surface area contributed by atoms with Crippen molar-refractivity contribution in [2.75, 3.05) is 6.54 Å². The van der Waals surface area contributed by atoms with Crippen LogP contribution in [-0.4, -0.2) is 23.7 Å². The van der Waals surface area contributed by atoms with Crippen LogP contribution in [0.15, 0.2) is 16.8 Å². The smallest absolute Gasteiger partial charge is 0.315 e. The molecule has 1 unspecified atom stereocenters. The molecule has 1 aromatic heterocycles. The Morgan fingerprint density at radius 3 is 2.65 bits per heavy atom. The SMILES string of the molecule is CC(C)CC(CNC(=O)NCc1ccsc1)CC(=O)O. The van der Waals surface area contributed by atoms with E-state index in [1.165, 1.54) is 0 Å². The fraction of sp³-hybridized carbons (Fsp3) is 0.571. The van der Waals surface area contributed by atoms with Crippen molar-refractivity contribution in [3.05, 3.63) is 22.4 Å². The number of aliphatic carboxylic acids is 1. The van der Waals surface area contributed by atoms with Crippen molar-refractivity contribution in [2.24, 2.45) is 11.8 Å². The van der Waals surface area contributed by atoms with Crippen molar-refractivity contribution >= 4 is 23.3 Å². The summed E-state index contributed by atoms with van der Waals surface area (Å²) >= 11 is 1.59. The van der Waals surface area contributed by atoms with Gasteiger partial charge in [-0.05, 0) is 40.6 Å². The first-order valence-electron chi connectivity index (χ1n) is 6.72. The Hall–Kier alpha value is -1.56. The predicted molar refractivity (Wildman–Crippen MR) is 79.8 cm³/mol. The average Bonchev–Trinajstić information content (AvgIpc) is 2.85. The Morgan fingerprint density at radius 2 is 2.10 bits per heavy atom. The molecule has 0 aromatic carbocycles. The van der Waals surface area contributed by atoms with E-state index in [9.17, 15) is 9.59 Å². The minimum atomic E-state index is -0.823. The van der Waals surface area contributed by atoms with Crippen LogP contribution >= 0.6 is 11.3 Å². The molecule has 0 aliphatic heterocycles. The second kappa shape index (κ2) is 8.58. The van der Waals surface area contributed by atoms with Gasteiger partial charge in [0, 0.05) is 19.5 Å². The van der Waals surface area contributed by atoms with Gasteiger partial charge in [-0.3, -0.25) is 4.79 Å². The van der Waals surface area contributed by atoms with E-state index in [4.69, 9.17) is 5.11 Å². The number of thiophene rings is 1. The average molecular weight is 298 g/mol. The predicted octanol–water partition coefficient (Wildman–Crippen LogP) is 2.68. The molecule has 1 heterocycles. The molecule has 0 bridgehead atoms. The zero-order valence-corrected chi connectivity index (χ0v) is 12.7. The molecule has 0 spiro atoms. The Balaban J connectivity index is 2.30. The number of nitrogens with one attached hydrogen (secondary N) is 2. The maximum Gasteiger partial charge on any atom is 0.315 e. The molecule has 0 saturated carbocycles. The van der Waals surface area contributed by atoms with Crippen LogP contribution in [0.4, 0.5) is 4.79 Å². The van der Waals surface area contributed by atoms with Crippen LogP contribution in [0.5, 0.6) is 0 Å². The summed E-state index contributed by atoms with van der Waals surface area (Å²) in [5.41, 5.74) is 1.06. The number of amides is 2. The molecule has 1 atom stereocenters. The minimum Gasteiger partial charge on any atom is -0.481 e. The molecular formula is C14H22N2O3S. The van der Waals surface area contributed by atoms with Gasteiger partial charge < -0.3 is 15.7 Å². The molecule has 5 nitrogen and oxygen atoms in total. The number of carbonyl (C=O) groups is 2. The summed E-state index contributed by atoms with van der Waals surface area (Å²) in [6.07, 6.45) is 0.875. The molecule has 0 aliphatic rings. The lowest BCUT2D eigenvalue weighted by molar-refractivity contribution is -0.138. The van der Waals surface area contributed by atoms with Crippen LogP contribution < -0.4 is 10.6 Å². The lowest BCUT2D eigenvalue weighted by Crippen LogP contribution is -2.38. The molecule has 0 saturated heterocycles. The molecule has 1 aromatic rings. The fourth-order valence-corrected chi connectivity index (χ4v) is 2.70. The van der Waals surface area contributed by atoms with E-state index in [1.807, 2.05) is 30.7 Å². The molecule has 6 heteroatoms. The second-order valence-electron chi connectivity index (χ2n) is 5.29. The summed E-state index contributed by atoms with van der Waals surface area (Å²) in [5.74, 6) is -0.439. The van der Waals surface area contributed by atoms with E-state index >= 15 is 0 Å². The van der Waals surface area contributed by atoms with Gasteiger partial charge in [0.15, 0.2) is 0 Å². The van der Waals surface area contributed by atoms with Gasteiger partial charge in [-0.2, -0.15) is 11.3 Å². The van der Waals surface area contributed by atoms with E-state index in [0.717, 1.165) is 12.0 Å². The van der Waals surface area contributed by atoms with Crippen molar-refractivity contribution in [1.82, 2.24) is 10.6 Å². The van der Waals surface area contributed by atoms with Gasteiger partial charge in [0.05, 0.1) is 0 Å². The maximum atomic E-state index is 11.6. The summed E-state index contributed by atoms with van der Waals surface area (Å²) in [6.45, 7) is 4.97. The first-order valence-corrected chi connectivity index (χ1v) is 7.66. The largest absolute Gasteiger partial charge is 0.481 e. The molecule has 112 valence electrons. The molecular weight excluding hydrogens is 276 g/mol. The zero-order valence-electron chi connectivity index (χ0n) is 11.9. The summed E-state index contributed by atoms with van der Waals surface area (Å²) in [6, 6.07) is 1.70. The van der Waals surface area contributed by atoms with Crippen molar-refractivity contribution in [1.29, 1.82) is 0 Å². The van der Waals surface area contributed by atoms with Crippen LogP contribution in [0.1, 0.15) is 32.3 Å². The molecule has 0 fully saturated rings. The zero-order chi connectivity index (χ0) is 15.0. The highest BCUT2D eigenvalue weighted by Gasteiger charge is 2.15. The summed E-state index contributed by atoms with van der Waals surface area (Å²) in [4.78, 5) is 22.4. The van der Waals surface area contributed by atoms with Crippen molar-refractivity contribution in [3.63, 3.8) is 0 Å². The van der Waals surface area contributed by atoms with Crippen LogP contribution in [0.2, 0.25) is 0 Å². The number of carboxylic acid groups (broad SMARTS) is 1. The monoisotopic (exact) mass is 298 g/mol. The highest BCUT2D eigenvalue weighted by molar-refractivity contribution is 7.07. The molecule has 3 N–H and O–H groups in total. The first kappa shape index (κ1) is 16.5. The van der Waals surface area contributed by atoms with E-state index < -0.39 is 5.97 Å². The lowest BCUT2D eigenvalue weighted by Gasteiger charge is -2.18. The molecule has 0 aliphatic carbocycles. The van der Waals surface area contributed by atoms with Crippen LogP contribution in [0.25, 0.3) is 0 Å². The summed E-state index contributed by atoms with van der Waals surface area (Å²) < 4.78 is 0. The third-order valence-electron chi connectivity index (χ3n) is 2.85. The van der Waals surface area contributed by atoms with E-state index in [1.54, 1.807) is 11.3 Å². The quantitative estimate of drug-likeness (QED) is 0.690. The Morgan fingerprint density at radius 1 is 1.35 bits per heavy atom. The van der Waals surface area contributed by atoms with Crippen LogP contribution in [0.3, 0.4) is 0 Å². The number of hydrogen-bond acceptors (Lipinski definition) is 3. The molecule has 1 rings (SSSR count). The normalized spacial score (nSPS) is 12.2. The summed E-state index contributed by atoms with van der Waals surface area (Å²) in [7, 11) is 0. The highest BCUT2D eigenvalue weighted by atomic mass is 32.1. The Kier molecular flexibility index (Phi) is 7.08. The Bertz CT molecular complexity index is 418. The van der Waals surface area contributed by atoms with Gasteiger partial charge in [0.1, 0.15) is 0 Å². The standard InChI is InChI=1S/C14H22N2O3S/c1-10(2)5-12(6-13(17)18)8-16-14(19)15-7-11-3-4-20-9-11/h3-4,9-10,12H,5-8H2,1-2H3,(H,17,18)(H2,15,16,19). The van der Waals surface area contributed by atoms with Crippen LogP contribution in [-0.2, 0) is 11.3 Å².